The van der Waals surface area contributed by atoms with Crippen molar-refractivity contribution in [2.45, 2.75) is 46.5 Å². The van der Waals surface area contributed by atoms with Gasteiger partial charge in [-0.1, -0.05) is 32.3 Å². The maximum absolute atomic E-state index is 11.8. The Labute approximate surface area is 104 Å². The monoisotopic (exact) mass is 233 g/mol. The minimum Gasteiger partial charge on any atom is -0.352 e. The third-order valence-electron chi connectivity index (χ3n) is 3.08. The lowest BCUT2D eigenvalue weighted by molar-refractivity contribution is 0.0953. The summed E-state index contributed by atoms with van der Waals surface area (Å²) in [7, 11) is 0. The highest BCUT2D eigenvalue weighted by atomic mass is 16.1. The third kappa shape index (κ3) is 4.59. The zero-order chi connectivity index (χ0) is 12.7. The van der Waals surface area contributed by atoms with Crippen molar-refractivity contribution in [1.29, 1.82) is 0 Å². The van der Waals surface area contributed by atoms with Gasteiger partial charge in [0.15, 0.2) is 0 Å². The summed E-state index contributed by atoms with van der Waals surface area (Å²) < 4.78 is 0. The maximum Gasteiger partial charge on any atom is 0.251 e. The lowest BCUT2D eigenvalue weighted by atomic mass is 10.1. The van der Waals surface area contributed by atoms with E-state index in [-0.39, 0.29) is 5.91 Å². The van der Waals surface area contributed by atoms with Crippen LogP contribution in [-0.2, 0) is 0 Å². The lowest BCUT2D eigenvalue weighted by Crippen LogP contribution is -2.24. The summed E-state index contributed by atoms with van der Waals surface area (Å²) in [4.78, 5) is 11.8. The molecule has 0 bridgehead atoms. The van der Waals surface area contributed by atoms with Gasteiger partial charge in [0.2, 0.25) is 0 Å². The number of hydrogen-bond acceptors (Lipinski definition) is 1. The number of aryl methyl sites for hydroxylation is 2. The fourth-order valence-electron chi connectivity index (χ4n) is 1.74. The highest BCUT2D eigenvalue weighted by Gasteiger charge is 2.05. The first kappa shape index (κ1) is 13.8. The Kier molecular flexibility index (Phi) is 5.75. The first-order valence-electron chi connectivity index (χ1n) is 6.50. The van der Waals surface area contributed by atoms with Crippen molar-refractivity contribution in [3.63, 3.8) is 0 Å². The zero-order valence-corrected chi connectivity index (χ0v) is 11.2. The number of hydrogen-bond donors (Lipinski definition) is 1. The molecule has 0 aromatic heterocycles. The molecule has 0 saturated heterocycles. The summed E-state index contributed by atoms with van der Waals surface area (Å²) >= 11 is 0. The molecule has 0 spiro atoms. The molecule has 0 aliphatic rings. The summed E-state index contributed by atoms with van der Waals surface area (Å²) in [6, 6.07) is 5.85. The Bertz CT molecular complexity index is 371. The van der Waals surface area contributed by atoms with E-state index < -0.39 is 0 Å². The Morgan fingerprint density at radius 3 is 2.53 bits per heavy atom. The summed E-state index contributed by atoms with van der Waals surface area (Å²) in [6.45, 7) is 7.06. The lowest BCUT2D eigenvalue weighted by Gasteiger charge is -2.07. The van der Waals surface area contributed by atoms with Crippen molar-refractivity contribution < 1.29 is 4.79 Å². The second-order valence-electron chi connectivity index (χ2n) is 4.62. The predicted octanol–water partition coefficient (Wildman–Crippen LogP) is 3.61. The summed E-state index contributed by atoms with van der Waals surface area (Å²) in [5, 5.41) is 2.97. The van der Waals surface area contributed by atoms with Crippen LogP contribution >= 0.6 is 0 Å². The first-order chi connectivity index (χ1) is 8.15. The van der Waals surface area contributed by atoms with Crippen LogP contribution in [0.3, 0.4) is 0 Å². The van der Waals surface area contributed by atoms with E-state index in [1.54, 1.807) is 0 Å². The zero-order valence-electron chi connectivity index (χ0n) is 11.2. The minimum absolute atomic E-state index is 0.0459. The van der Waals surface area contributed by atoms with Gasteiger partial charge >= 0.3 is 0 Å². The molecule has 0 aliphatic carbocycles. The van der Waals surface area contributed by atoms with E-state index in [2.05, 4.69) is 19.2 Å². The van der Waals surface area contributed by atoms with Gasteiger partial charge in [0.1, 0.15) is 0 Å². The van der Waals surface area contributed by atoms with Crippen molar-refractivity contribution in [3.05, 3.63) is 34.9 Å². The highest BCUT2D eigenvalue weighted by molar-refractivity contribution is 5.94. The summed E-state index contributed by atoms with van der Waals surface area (Å²) in [5.41, 5.74) is 3.16. The number of benzene rings is 1. The van der Waals surface area contributed by atoms with E-state index in [0.717, 1.165) is 18.5 Å². The number of carbonyl (C=O) groups excluding carboxylic acids is 1. The second kappa shape index (κ2) is 7.10. The average Bonchev–Trinajstić information content (AvgIpc) is 2.32. The number of rotatable bonds is 6. The van der Waals surface area contributed by atoms with Crippen molar-refractivity contribution in [2.24, 2.45) is 0 Å². The van der Waals surface area contributed by atoms with Gasteiger partial charge in [0.05, 0.1) is 0 Å². The standard InChI is InChI=1S/C15H23NO/c1-4-5-6-7-10-16-15(17)14-9-8-12(2)13(3)11-14/h8-9,11H,4-7,10H2,1-3H3,(H,16,17). The Balaban J connectivity index is 2.39. The Morgan fingerprint density at radius 1 is 1.12 bits per heavy atom. The first-order valence-corrected chi connectivity index (χ1v) is 6.50. The topological polar surface area (TPSA) is 29.1 Å². The summed E-state index contributed by atoms with van der Waals surface area (Å²) in [6.07, 6.45) is 4.75. The molecule has 0 saturated carbocycles. The van der Waals surface area contributed by atoms with Crippen LogP contribution in [0.4, 0.5) is 0 Å². The number of unbranched alkanes of at least 4 members (excludes halogenated alkanes) is 3. The summed E-state index contributed by atoms with van der Waals surface area (Å²) in [5.74, 6) is 0.0459. The minimum atomic E-state index is 0.0459. The van der Waals surface area contributed by atoms with Crippen LogP contribution in [0.1, 0.15) is 54.1 Å². The van der Waals surface area contributed by atoms with Gasteiger partial charge in [-0.25, -0.2) is 0 Å². The molecule has 0 unspecified atom stereocenters. The number of nitrogens with one attached hydrogen (secondary N) is 1. The van der Waals surface area contributed by atoms with Gasteiger partial charge in [0, 0.05) is 12.1 Å². The van der Waals surface area contributed by atoms with Crippen molar-refractivity contribution in [1.82, 2.24) is 5.32 Å². The largest absolute Gasteiger partial charge is 0.352 e. The van der Waals surface area contributed by atoms with Crippen molar-refractivity contribution >= 4 is 5.91 Å². The molecule has 2 nitrogen and oxygen atoms in total. The van der Waals surface area contributed by atoms with E-state index >= 15 is 0 Å². The van der Waals surface area contributed by atoms with Crippen LogP contribution < -0.4 is 5.32 Å². The van der Waals surface area contributed by atoms with Crippen LogP contribution in [0, 0.1) is 13.8 Å². The van der Waals surface area contributed by atoms with E-state index in [1.807, 2.05) is 25.1 Å². The quantitative estimate of drug-likeness (QED) is 0.747. The predicted molar refractivity (Wildman–Crippen MR) is 72.4 cm³/mol. The fraction of sp³-hybridized carbons (Fsp3) is 0.533. The molecule has 1 amide bonds. The SMILES string of the molecule is CCCCCCNC(=O)c1ccc(C)c(C)c1. The molecular formula is C15H23NO. The molecule has 0 radical (unpaired) electrons. The van der Waals surface area contributed by atoms with E-state index in [0.29, 0.717) is 0 Å². The van der Waals surface area contributed by atoms with E-state index in [9.17, 15) is 4.79 Å². The third-order valence-corrected chi connectivity index (χ3v) is 3.08. The average molecular weight is 233 g/mol. The molecule has 1 rings (SSSR count). The van der Waals surface area contributed by atoms with Crippen molar-refractivity contribution in [2.75, 3.05) is 6.54 Å². The molecular weight excluding hydrogens is 210 g/mol. The molecule has 0 heterocycles. The Hall–Kier alpha value is -1.31. The van der Waals surface area contributed by atoms with Gasteiger partial charge in [0.25, 0.3) is 5.91 Å². The highest BCUT2D eigenvalue weighted by Crippen LogP contribution is 2.09. The van der Waals surface area contributed by atoms with Crippen LogP contribution in [-0.4, -0.2) is 12.5 Å². The number of carbonyl (C=O) groups is 1. The molecule has 17 heavy (non-hydrogen) atoms. The van der Waals surface area contributed by atoms with Gasteiger partial charge in [-0.3, -0.25) is 4.79 Å². The van der Waals surface area contributed by atoms with Gasteiger partial charge in [-0.05, 0) is 43.5 Å². The number of amides is 1. The molecule has 0 fully saturated rings. The second-order valence-corrected chi connectivity index (χ2v) is 4.62. The fourth-order valence-corrected chi connectivity index (χ4v) is 1.74. The maximum atomic E-state index is 11.8. The molecule has 1 aromatic carbocycles. The molecule has 94 valence electrons. The van der Waals surface area contributed by atoms with Crippen LogP contribution in [0.2, 0.25) is 0 Å². The van der Waals surface area contributed by atoms with E-state index in [1.165, 1.54) is 30.4 Å². The molecule has 1 aromatic rings. The Morgan fingerprint density at radius 2 is 1.88 bits per heavy atom. The molecule has 0 atom stereocenters. The normalized spacial score (nSPS) is 10.3. The van der Waals surface area contributed by atoms with Crippen LogP contribution in [0.25, 0.3) is 0 Å². The van der Waals surface area contributed by atoms with Crippen molar-refractivity contribution in [3.8, 4) is 0 Å². The molecule has 0 aliphatic heterocycles. The molecule has 1 N–H and O–H groups in total. The van der Waals surface area contributed by atoms with Gasteiger partial charge in [-0.2, -0.15) is 0 Å². The van der Waals surface area contributed by atoms with Gasteiger partial charge in [-0.15, -0.1) is 0 Å². The van der Waals surface area contributed by atoms with E-state index in [4.69, 9.17) is 0 Å². The van der Waals surface area contributed by atoms with Crippen LogP contribution in [0.5, 0.6) is 0 Å². The smallest absolute Gasteiger partial charge is 0.251 e. The van der Waals surface area contributed by atoms with Crippen LogP contribution in [0.15, 0.2) is 18.2 Å². The molecule has 2 heteroatoms. The van der Waals surface area contributed by atoms with Gasteiger partial charge < -0.3 is 5.32 Å².